The van der Waals surface area contributed by atoms with Crippen LogP contribution < -0.4 is 19.1 Å². The van der Waals surface area contributed by atoms with E-state index in [9.17, 15) is 13.2 Å². The molecule has 1 heterocycles. The fraction of sp³-hybridized carbons (Fsp3) is 0.227. The molecule has 0 fully saturated rings. The van der Waals surface area contributed by atoms with E-state index in [4.69, 9.17) is 9.47 Å². The molecule has 7 nitrogen and oxygen atoms in total. The second-order valence-corrected chi connectivity index (χ2v) is 9.52. The van der Waals surface area contributed by atoms with Crippen LogP contribution in [0.2, 0.25) is 0 Å². The van der Waals surface area contributed by atoms with Crippen molar-refractivity contribution in [3.8, 4) is 11.5 Å². The predicted molar refractivity (Wildman–Crippen MR) is 121 cm³/mol. The maximum absolute atomic E-state index is 12.9. The Morgan fingerprint density at radius 2 is 1.65 bits per heavy atom. The largest absolute Gasteiger partial charge is 0.494 e. The van der Waals surface area contributed by atoms with Crippen LogP contribution in [0.25, 0.3) is 0 Å². The summed E-state index contributed by atoms with van der Waals surface area (Å²) >= 11 is 1.57. The molecule has 0 bridgehead atoms. The minimum Gasteiger partial charge on any atom is -0.494 e. The maximum atomic E-state index is 12.9. The molecule has 0 saturated heterocycles. The van der Waals surface area contributed by atoms with E-state index in [1.54, 1.807) is 47.7 Å². The number of anilines is 1. The van der Waals surface area contributed by atoms with Gasteiger partial charge in [0.2, 0.25) is 0 Å². The van der Waals surface area contributed by atoms with Crippen LogP contribution in [0.15, 0.2) is 70.9 Å². The molecule has 9 heteroatoms. The zero-order valence-corrected chi connectivity index (χ0v) is 18.9. The van der Waals surface area contributed by atoms with E-state index in [0.717, 1.165) is 4.88 Å². The number of ether oxygens (including phenoxy) is 2. The van der Waals surface area contributed by atoms with Gasteiger partial charge in [0, 0.05) is 11.9 Å². The fourth-order valence-electron chi connectivity index (χ4n) is 2.72. The Hall–Kier alpha value is -3.04. The van der Waals surface area contributed by atoms with Crippen LogP contribution in [-0.2, 0) is 21.4 Å². The van der Waals surface area contributed by atoms with Gasteiger partial charge in [-0.05, 0) is 66.9 Å². The van der Waals surface area contributed by atoms with E-state index < -0.39 is 10.0 Å². The van der Waals surface area contributed by atoms with Crippen molar-refractivity contribution in [1.29, 1.82) is 0 Å². The average Bonchev–Trinajstić information content (AvgIpc) is 3.30. The van der Waals surface area contributed by atoms with Crippen LogP contribution in [0.3, 0.4) is 0 Å². The first kappa shape index (κ1) is 22.6. The van der Waals surface area contributed by atoms with E-state index in [-0.39, 0.29) is 17.4 Å². The molecule has 1 amide bonds. The Morgan fingerprint density at radius 1 is 1.00 bits per heavy atom. The zero-order valence-electron chi connectivity index (χ0n) is 17.3. The van der Waals surface area contributed by atoms with Gasteiger partial charge in [0.05, 0.1) is 23.7 Å². The summed E-state index contributed by atoms with van der Waals surface area (Å²) in [5.41, 5.74) is 0.475. The molecular weight excluding hydrogens is 436 g/mol. The van der Waals surface area contributed by atoms with Crippen molar-refractivity contribution in [2.75, 3.05) is 24.6 Å². The van der Waals surface area contributed by atoms with Crippen molar-refractivity contribution in [3.05, 3.63) is 70.9 Å². The van der Waals surface area contributed by atoms with Gasteiger partial charge in [0.25, 0.3) is 15.9 Å². The number of amides is 1. The van der Waals surface area contributed by atoms with Crippen LogP contribution in [0.1, 0.15) is 11.8 Å². The number of thiophene rings is 1. The third-order valence-corrected chi connectivity index (χ3v) is 7.08. The van der Waals surface area contributed by atoms with Crippen molar-refractivity contribution >= 4 is 33.0 Å². The van der Waals surface area contributed by atoms with Crippen LogP contribution in [-0.4, -0.2) is 34.6 Å². The van der Waals surface area contributed by atoms with E-state index in [1.165, 1.54) is 23.5 Å². The maximum Gasteiger partial charge on any atom is 0.264 e. The van der Waals surface area contributed by atoms with Gasteiger partial charge in [-0.25, -0.2) is 8.42 Å². The molecule has 0 saturated carbocycles. The first-order valence-electron chi connectivity index (χ1n) is 9.64. The van der Waals surface area contributed by atoms with E-state index >= 15 is 0 Å². The summed E-state index contributed by atoms with van der Waals surface area (Å²) in [6.45, 7) is 2.72. The van der Waals surface area contributed by atoms with Gasteiger partial charge in [0.15, 0.2) is 6.61 Å². The van der Waals surface area contributed by atoms with Gasteiger partial charge in [-0.2, -0.15) is 0 Å². The molecular formula is C22H24N2O5S2. The second-order valence-electron chi connectivity index (χ2n) is 6.52. The van der Waals surface area contributed by atoms with Crippen LogP contribution >= 0.6 is 11.3 Å². The molecule has 0 atom stereocenters. The molecule has 0 unspecified atom stereocenters. The number of rotatable bonds is 10. The molecule has 164 valence electrons. The first-order valence-corrected chi connectivity index (χ1v) is 12.0. The number of benzene rings is 2. The molecule has 0 radical (unpaired) electrons. The monoisotopic (exact) mass is 460 g/mol. The van der Waals surface area contributed by atoms with Gasteiger partial charge >= 0.3 is 0 Å². The van der Waals surface area contributed by atoms with Gasteiger partial charge in [-0.1, -0.05) is 6.07 Å². The molecule has 31 heavy (non-hydrogen) atoms. The highest BCUT2D eigenvalue weighted by Crippen LogP contribution is 2.25. The van der Waals surface area contributed by atoms with Crippen LogP contribution in [0.4, 0.5) is 5.69 Å². The number of carbonyl (C=O) groups excluding carboxylic acids is 1. The predicted octanol–water partition coefficient (Wildman–Crippen LogP) is 3.67. The van der Waals surface area contributed by atoms with Gasteiger partial charge in [-0.3, -0.25) is 9.10 Å². The highest BCUT2D eigenvalue weighted by atomic mass is 32.2. The molecule has 0 aliphatic rings. The Kier molecular flexibility index (Phi) is 7.54. The summed E-state index contributed by atoms with van der Waals surface area (Å²) < 4.78 is 37.8. The van der Waals surface area contributed by atoms with Gasteiger partial charge in [-0.15, -0.1) is 11.3 Å². The molecule has 0 aliphatic heterocycles. The van der Waals surface area contributed by atoms with E-state index in [1.807, 2.05) is 24.4 Å². The summed E-state index contributed by atoms with van der Waals surface area (Å²) in [7, 11) is -2.23. The van der Waals surface area contributed by atoms with Crippen molar-refractivity contribution in [2.45, 2.75) is 18.4 Å². The SMILES string of the molecule is CCOc1ccc(S(=O)(=O)N(C)c2ccc(OCC(=O)NCc3cccs3)cc2)cc1. The number of nitrogens with zero attached hydrogens (tertiary/aromatic N) is 1. The summed E-state index contributed by atoms with van der Waals surface area (Å²) in [6, 6.07) is 16.7. The van der Waals surface area contributed by atoms with Gasteiger partial charge < -0.3 is 14.8 Å². The molecule has 2 aromatic carbocycles. The second kappa shape index (κ2) is 10.3. The van der Waals surface area contributed by atoms with Crippen LogP contribution in [0, 0.1) is 0 Å². The lowest BCUT2D eigenvalue weighted by Crippen LogP contribution is -2.28. The molecule has 1 N–H and O–H groups in total. The number of sulfonamides is 1. The van der Waals surface area contributed by atoms with Crippen molar-refractivity contribution < 1.29 is 22.7 Å². The Bertz CT molecular complexity index is 1080. The van der Waals surface area contributed by atoms with Crippen LogP contribution in [0.5, 0.6) is 11.5 Å². The average molecular weight is 461 g/mol. The highest BCUT2D eigenvalue weighted by Gasteiger charge is 2.21. The standard InChI is InChI=1S/C22H24N2O5S2/c1-3-28-18-10-12-21(13-11-18)31(26,27)24(2)17-6-8-19(9-7-17)29-16-22(25)23-15-20-5-4-14-30-20/h4-14H,3,15-16H2,1-2H3,(H,23,25). The smallest absolute Gasteiger partial charge is 0.264 e. The van der Waals surface area contributed by atoms with E-state index in [0.29, 0.717) is 30.3 Å². The zero-order chi connectivity index (χ0) is 22.3. The summed E-state index contributed by atoms with van der Waals surface area (Å²) in [6.07, 6.45) is 0. The van der Waals surface area contributed by atoms with Crippen molar-refractivity contribution in [1.82, 2.24) is 5.32 Å². The highest BCUT2D eigenvalue weighted by molar-refractivity contribution is 7.92. The number of carbonyl (C=O) groups is 1. The Morgan fingerprint density at radius 3 is 2.26 bits per heavy atom. The lowest BCUT2D eigenvalue weighted by Gasteiger charge is -2.20. The third kappa shape index (κ3) is 5.99. The molecule has 3 aromatic rings. The molecule has 0 spiro atoms. The normalized spacial score (nSPS) is 11.0. The minimum absolute atomic E-state index is 0.120. The summed E-state index contributed by atoms with van der Waals surface area (Å²) in [4.78, 5) is 13.1. The fourth-order valence-corrected chi connectivity index (χ4v) is 4.56. The lowest BCUT2D eigenvalue weighted by atomic mass is 10.3. The number of nitrogens with one attached hydrogen (secondary N) is 1. The topological polar surface area (TPSA) is 84.9 Å². The Labute approximate surface area is 186 Å². The van der Waals surface area contributed by atoms with Crippen molar-refractivity contribution in [3.63, 3.8) is 0 Å². The first-order chi connectivity index (χ1) is 14.9. The molecule has 0 aliphatic carbocycles. The summed E-state index contributed by atoms with van der Waals surface area (Å²) in [5, 5.41) is 4.74. The minimum atomic E-state index is -3.72. The van der Waals surface area contributed by atoms with Crippen molar-refractivity contribution in [2.24, 2.45) is 0 Å². The molecule has 1 aromatic heterocycles. The third-order valence-electron chi connectivity index (χ3n) is 4.40. The van der Waals surface area contributed by atoms with Gasteiger partial charge in [0.1, 0.15) is 11.5 Å². The Balaban J connectivity index is 1.57. The lowest BCUT2D eigenvalue weighted by molar-refractivity contribution is -0.123. The molecule has 3 rings (SSSR count). The van der Waals surface area contributed by atoms with E-state index in [2.05, 4.69) is 5.32 Å². The quantitative estimate of drug-likeness (QED) is 0.499. The summed E-state index contributed by atoms with van der Waals surface area (Å²) in [5.74, 6) is 0.861. The number of hydrogen-bond acceptors (Lipinski definition) is 6. The number of hydrogen-bond donors (Lipinski definition) is 1.